The number of aliphatic hydroxyl groups is 1. The molecule has 2 aliphatic rings. The van der Waals surface area contributed by atoms with Crippen molar-refractivity contribution in [2.24, 2.45) is 0 Å². The number of benzene rings is 1. The molecule has 0 radical (unpaired) electrons. The van der Waals surface area contributed by atoms with Gasteiger partial charge >= 0.3 is 0 Å². The van der Waals surface area contributed by atoms with Gasteiger partial charge in [-0.3, -0.25) is 24.8 Å². The molecule has 0 bridgehead atoms. The number of halogens is 1. The van der Waals surface area contributed by atoms with Gasteiger partial charge in [0.2, 0.25) is 11.9 Å². The Morgan fingerprint density at radius 1 is 1.18 bits per heavy atom. The van der Waals surface area contributed by atoms with E-state index in [0.717, 1.165) is 43.4 Å². The number of carbonyl (C=O) groups is 2. The first-order chi connectivity index (χ1) is 18.4. The minimum Gasteiger partial charge on any atom is -0.392 e. The Morgan fingerprint density at radius 2 is 2.05 bits per heavy atom. The van der Waals surface area contributed by atoms with Gasteiger partial charge in [-0.1, -0.05) is 23.7 Å². The summed E-state index contributed by atoms with van der Waals surface area (Å²) in [7, 11) is 0. The summed E-state index contributed by atoms with van der Waals surface area (Å²) in [6, 6.07) is 8.83. The average Bonchev–Trinajstić information content (AvgIpc) is 3.38. The highest BCUT2D eigenvalue weighted by Gasteiger charge is 2.27. The van der Waals surface area contributed by atoms with Gasteiger partial charge in [-0.2, -0.15) is 0 Å². The number of nitrogens with one attached hydrogen (secondary N) is 1. The number of amides is 2. The molecule has 3 aromatic rings. The molecule has 2 N–H and O–H groups in total. The van der Waals surface area contributed by atoms with Crippen LogP contribution in [0.5, 0.6) is 0 Å². The predicted molar refractivity (Wildman–Crippen MR) is 147 cm³/mol. The smallest absolute Gasteiger partial charge is 0.258 e. The third kappa shape index (κ3) is 5.90. The number of hydrogen-bond donors (Lipinski definition) is 2. The summed E-state index contributed by atoms with van der Waals surface area (Å²) in [6.45, 7) is 5.12. The zero-order valence-corrected chi connectivity index (χ0v) is 22.3. The Morgan fingerprint density at radius 3 is 2.84 bits per heavy atom. The molecule has 1 aromatic carbocycles. The third-order valence-corrected chi connectivity index (χ3v) is 7.54. The second-order valence-corrected chi connectivity index (χ2v) is 10.5. The minimum atomic E-state index is -0.278. The maximum absolute atomic E-state index is 13.2. The molecule has 4 heterocycles. The molecule has 2 amide bonds. The first-order valence-electron chi connectivity index (χ1n) is 13.2. The number of likely N-dealkylation sites (tertiary alicyclic amines) is 2. The number of hydrogen-bond acceptors (Lipinski definition) is 6. The third-order valence-electron chi connectivity index (χ3n) is 7.24. The summed E-state index contributed by atoms with van der Waals surface area (Å²) in [6.07, 6.45) is 8.28. The molecule has 2 aliphatic heterocycles. The van der Waals surface area contributed by atoms with E-state index < -0.39 is 0 Å². The monoisotopic (exact) mass is 536 g/mol. The molecule has 2 unspecified atom stereocenters. The Hall–Kier alpha value is -3.27. The van der Waals surface area contributed by atoms with Gasteiger partial charge in [0.15, 0.2) is 0 Å². The Balaban J connectivity index is 1.39. The molecule has 2 saturated heterocycles. The van der Waals surface area contributed by atoms with E-state index in [1.807, 2.05) is 40.7 Å². The topological polar surface area (TPSA) is 104 Å². The van der Waals surface area contributed by atoms with Crippen LogP contribution in [-0.4, -0.2) is 80.1 Å². The second-order valence-electron chi connectivity index (χ2n) is 10.1. The zero-order valence-electron chi connectivity index (χ0n) is 21.5. The van der Waals surface area contributed by atoms with Gasteiger partial charge in [0, 0.05) is 56.3 Å². The van der Waals surface area contributed by atoms with E-state index in [0.29, 0.717) is 48.2 Å². The van der Waals surface area contributed by atoms with E-state index in [9.17, 15) is 14.7 Å². The highest BCUT2D eigenvalue weighted by Crippen LogP contribution is 2.34. The summed E-state index contributed by atoms with van der Waals surface area (Å²) in [5, 5.41) is 13.3. The number of rotatable bonds is 6. The molecule has 2 aromatic heterocycles. The van der Waals surface area contributed by atoms with Crippen molar-refractivity contribution < 1.29 is 14.7 Å². The summed E-state index contributed by atoms with van der Waals surface area (Å²) >= 11 is 6.65. The van der Waals surface area contributed by atoms with Crippen LogP contribution < -0.4 is 5.32 Å². The van der Waals surface area contributed by atoms with Crippen LogP contribution in [0.4, 0.5) is 5.95 Å². The number of carbonyl (C=O) groups excluding carboxylic acids is 2. The molecule has 2 fully saturated rings. The molecule has 2 atom stereocenters. The number of anilines is 1. The number of aliphatic hydroxyl groups excluding tert-OH is 1. The lowest BCUT2D eigenvalue weighted by atomic mass is 10.1. The number of pyridine rings is 1. The molecule has 0 saturated carbocycles. The molecule has 0 aliphatic carbocycles. The molecule has 10 heteroatoms. The van der Waals surface area contributed by atoms with Crippen LogP contribution in [-0.2, 0) is 4.79 Å². The van der Waals surface area contributed by atoms with Gasteiger partial charge in [-0.25, -0.2) is 4.98 Å². The molecular weight excluding hydrogens is 504 g/mol. The average molecular weight is 537 g/mol. The largest absolute Gasteiger partial charge is 0.392 e. The summed E-state index contributed by atoms with van der Waals surface area (Å²) in [5.41, 5.74) is 2.68. The Labute approximate surface area is 227 Å². The van der Waals surface area contributed by atoms with Crippen LogP contribution in [0.2, 0.25) is 5.02 Å². The van der Waals surface area contributed by atoms with Gasteiger partial charge in [0.05, 0.1) is 28.2 Å². The number of para-hydroxylation sites is 1. The van der Waals surface area contributed by atoms with E-state index >= 15 is 0 Å². The molecule has 200 valence electrons. The molecule has 5 rings (SSSR count). The predicted octanol–water partition coefficient (Wildman–Crippen LogP) is 3.82. The fourth-order valence-corrected chi connectivity index (χ4v) is 5.59. The van der Waals surface area contributed by atoms with Crippen molar-refractivity contribution in [3.05, 3.63) is 65.0 Å². The van der Waals surface area contributed by atoms with Gasteiger partial charge < -0.3 is 14.6 Å². The quantitative estimate of drug-likeness (QED) is 0.464. The Bertz CT molecular complexity index is 1360. The van der Waals surface area contributed by atoms with Gasteiger partial charge in [0.1, 0.15) is 0 Å². The van der Waals surface area contributed by atoms with Crippen LogP contribution in [0, 0.1) is 6.92 Å². The number of β-amino-alcohol motifs (C(OH)–C–C–N with tert-alkyl or cyclic N) is 1. The van der Waals surface area contributed by atoms with Crippen molar-refractivity contribution >= 4 is 40.4 Å². The lowest BCUT2D eigenvalue weighted by molar-refractivity contribution is -0.126. The van der Waals surface area contributed by atoms with E-state index in [1.54, 1.807) is 24.4 Å². The normalized spacial score (nSPS) is 20.8. The highest BCUT2D eigenvalue weighted by molar-refractivity contribution is 6.35. The summed E-state index contributed by atoms with van der Waals surface area (Å²) < 4.78 is 1.99. The second kappa shape index (κ2) is 11.6. The van der Waals surface area contributed by atoms with Crippen molar-refractivity contribution in [2.75, 3.05) is 38.0 Å². The van der Waals surface area contributed by atoms with Crippen molar-refractivity contribution in [3.63, 3.8) is 0 Å². The summed E-state index contributed by atoms with van der Waals surface area (Å²) in [4.78, 5) is 39.2. The van der Waals surface area contributed by atoms with E-state index in [4.69, 9.17) is 16.6 Å². The molecule has 38 heavy (non-hydrogen) atoms. The van der Waals surface area contributed by atoms with Crippen molar-refractivity contribution in [2.45, 2.75) is 44.8 Å². The van der Waals surface area contributed by atoms with Crippen molar-refractivity contribution in [1.82, 2.24) is 24.3 Å². The maximum Gasteiger partial charge on any atom is 0.258 e. The van der Waals surface area contributed by atoms with Crippen LogP contribution in [0.15, 0.2) is 48.7 Å². The van der Waals surface area contributed by atoms with Crippen molar-refractivity contribution in [3.8, 4) is 0 Å². The first-order valence-corrected chi connectivity index (χ1v) is 13.5. The highest BCUT2D eigenvalue weighted by atomic mass is 35.5. The van der Waals surface area contributed by atoms with Crippen LogP contribution in [0.25, 0.3) is 11.0 Å². The number of aryl methyl sites for hydroxylation is 1. The zero-order chi connectivity index (χ0) is 26.6. The summed E-state index contributed by atoms with van der Waals surface area (Å²) in [5.74, 6) is 0.0969. The maximum atomic E-state index is 13.2. The van der Waals surface area contributed by atoms with Gasteiger partial charge in [0.25, 0.3) is 5.91 Å². The van der Waals surface area contributed by atoms with Crippen LogP contribution in [0.1, 0.15) is 47.8 Å². The first kappa shape index (κ1) is 26.3. The molecular formula is C28H33ClN6O3. The molecule has 9 nitrogen and oxygen atoms in total. The van der Waals surface area contributed by atoms with E-state index in [1.165, 1.54) is 0 Å². The Kier molecular flexibility index (Phi) is 8.06. The lowest BCUT2D eigenvalue weighted by Gasteiger charge is -2.26. The van der Waals surface area contributed by atoms with Crippen LogP contribution >= 0.6 is 11.6 Å². The van der Waals surface area contributed by atoms with Crippen LogP contribution in [0.3, 0.4) is 0 Å². The molecule has 0 spiro atoms. The van der Waals surface area contributed by atoms with E-state index in [-0.39, 0.29) is 24.0 Å². The number of fused-ring (bicyclic) bond motifs is 1. The standard InChI is InChI=1S/C28H33ClN6O3/c1-19-16-20(10-12-30-19)27(38)32-28-31-24-8-4-7-23(29)26(24)35(28)21-6-2-3-14-34(17-21)25(37)9-5-13-33-15-11-22(36)18-33/h4-5,7-10,12,16,21-22,36H,2-3,6,11,13-15,17-18H2,1H3,(H,31,32,38)/b9-5+. The number of aromatic nitrogens is 3. The fourth-order valence-electron chi connectivity index (χ4n) is 5.33. The number of imidazole rings is 1. The van der Waals surface area contributed by atoms with Crippen molar-refractivity contribution in [1.29, 1.82) is 0 Å². The SMILES string of the molecule is Cc1cc(C(=O)Nc2nc3cccc(Cl)c3n2C2CCCCN(C(=O)/C=C/CN3CCC(O)C3)C2)ccn1. The number of nitrogens with zero attached hydrogens (tertiary/aromatic N) is 5. The van der Waals surface area contributed by atoms with Gasteiger partial charge in [-0.05, 0) is 56.9 Å². The van der Waals surface area contributed by atoms with Gasteiger partial charge in [-0.15, -0.1) is 0 Å². The minimum absolute atomic E-state index is 0.0370. The lowest BCUT2D eigenvalue weighted by Crippen LogP contribution is -2.35. The van der Waals surface area contributed by atoms with E-state index in [2.05, 4.69) is 15.2 Å². The fraction of sp³-hybridized carbons (Fsp3) is 0.429.